The number of nitrogens with zero attached hydrogens (tertiary/aromatic N) is 1. The monoisotopic (exact) mass is 586 g/mol. The molecule has 2 amide bonds. The molecule has 1 fully saturated rings. The number of unbranched alkanes of at least 4 members (excludes halogenated alkanes) is 3. The topological polar surface area (TPSA) is 58.6 Å². The minimum atomic E-state index is -1.88. The predicted octanol–water partition coefficient (Wildman–Crippen LogP) is 7.17. The van der Waals surface area contributed by atoms with Gasteiger partial charge < -0.3 is 14.6 Å². The summed E-state index contributed by atoms with van der Waals surface area (Å²) in [5.74, 6) is 0.439. The van der Waals surface area contributed by atoms with E-state index >= 15 is 0 Å². The average molecular weight is 587 g/mol. The number of halogens is 1. The van der Waals surface area contributed by atoms with Crippen LogP contribution in [-0.4, -0.2) is 50.1 Å². The third kappa shape index (κ3) is 9.74. The van der Waals surface area contributed by atoms with Gasteiger partial charge in [0.25, 0.3) is 0 Å². The Kier molecular flexibility index (Phi) is 12.3. The van der Waals surface area contributed by atoms with E-state index in [0.29, 0.717) is 19.6 Å². The van der Waals surface area contributed by atoms with Gasteiger partial charge in [0.15, 0.2) is 8.32 Å². The molecule has 3 rings (SSSR count). The van der Waals surface area contributed by atoms with Gasteiger partial charge in [-0.05, 0) is 67.1 Å². The van der Waals surface area contributed by atoms with Gasteiger partial charge in [0.05, 0.1) is 11.3 Å². The molecule has 1 saturated heterocycles. The first kappa shape index (κ1) is 32.4. The smallest absolute Gasteiger partial charge is 0.239 e. The van der Waals surface area contributed by atoms with Crippen molar-refractivity contribution < 1.29 is 18.4 Å². The van der Waals surface area contributed by atoms with E-state index in [4.69, 9.17) is 4.43 Å². The summed E-state index contributed by atoms with van der Waals surface area (Å²) in [5.41, 5.74) is 2.37. The fourth-order valence-corrected chi connectivity index (χ4v) is 7.01. The largest absolute Gasteiger partial charge is 0.417 e. The van der Waals surface area contributed by atoms with E-state index in [9.17, 15) is 14.0 Å². The molecule has 8 heteroatoms. The highest BCUT2D eigenvalue weighted by molar-refractivity contribution is 7.99. The Bertz CT molecular complexity index is 1080. The number of hydrogen-bond donors (Lipinski definition) is 1. The Labute approximate surface area is 245 Å². The zero-order valence-corrected chi connectivity index (χ0v) is 26.7. The van der Waals surface area contributed by atoms with E-state index in [1.807, 2.05) is 30.3 Å². The summed E-state index contributed by atoms with van der Waals surface area (Å²) in [7, 11) is -1.88. The van der Waals surface area contributed by atoms with Gasteiger partial charge in [-0.15, -0.1) is 11.8 Å². The van der Waals surface area contributed by atoms with Crippen LogP contribution in [0, 0.1) is 11.7 Å². The zero-order valence-electron chi connectivity index (χ0n) is 24.9. The van der Waals surface area contributed by atoms with Crippen molar-refractivity contribution in [3.8, 4) is 0 Å². The van der Waals surface area contributed by atoms with Crippen molar-refractivity contribution in [3.05, 3.63) is 71.5 Å². The lowest BCUT2D eigenvalue weighted by atomic mass is 9.95. The summed E-state index contributed by atoms with van der Waals surface area (Å²) in [6, 6.07) is 16.9. The lowest BCUT2D eigenvalue weighted by Crippen LogP contribution is -2.62. The van der Waals surface area contributed by atoms with E-state index in [1.165, 1.54) is 17.7 Å². The Hall–Kier alpha value is -2.16. The molecule has 2 aromatic carbocycles. The highest BCUT2D eigenvalue weighted by Crippen LogP contribution is 2.40. The first-order chi connectivity index (χ1) is 19.0. The van der Waals surface area contributed by atoms with Crippen molar-refractivity contribution in [1.29, 1.82) is 0 Å². The number of carbonyl (C=O) groups excluding carboxylic acids is 2. The second kappa shape index (κ2) is 15.2. The molecule has 1 aliphatic rings. The van der Waals surface area contributed by atoms with E-state index in [-0.39, 0.29) is 40.5 Å². The molecule has 0 bridgehead atoms. The van der Waals surface area contributed by atoms with Gasteiger partial charge in [0, 0.05) is 18.9 Å². The van der Waals surface area contributed by atoms with Gasteiger partial charge in [-0.2, -0.15) is 0 Å². The number of hydrogen-bond acceptors (Lipinski definition) is 4. The summed E-state index contributed by atoms with van der Waals surface area (Å²) >= 11 is 1.74. The molecule has 0 aromatic heterocycles. The normalized spacial score (nSPS) is 17.6. The van der Waals surface area contributed by atoms with Crippen molar-refractivity contribution in [3.63, 3.8) is 0 Å². The quantitative estimate of drug-likeness (QED) is 0.129. The number of thioether (sulfide) groups is 1. The summed E-state index contributed by atoms with van der Waals surface area (Å²) in [4.78, 5) is 27.6. The fourth-order valence-electron chi connectivity index (χ4n) is 4.55. The number of nitrogens with one attached hydrogen (secondary N) is 1. The Balaban J connectivity index is 1.42. The van der Waals surface area contributed by atoms with Crippen LogP contribution >= 0.6 is 11.8 Å². The van der Waals surface area contributed by atoms with Crippen molar-refractivity contribution >= 4 is 31.9 Å². The number of β-lactam (4-membered cyclic amide) rings is 1. The number of carbonyl (C=O) groups is 2. The third-order valence-corrected chi connectivity index (χ3v) is 14.1. The number of rotatable bonds is 16. The molecule has 0 radical (unpaired) electrons. The Morgan fingerprint density at radius 2 is 1.68 bits per heavy atom. The Morgan fingerprint density at radius 1 is 1.00 bits per heavy atom. The van der Waals surface area contributed by atoms with Gasteiger partial charge in [0.2, 0.25) is 11.8 Å². The third-order valence-electron chi connectivity index (χ3n) is 8.15. The lowest BCUT2D eigenvalue weighted by Gasteiger charge is -2.47. The van der Waals surface area contributed by atoms with Gasteiger partial charge in [0.1, 0.15) is 12.4 Å². The maximum atomic E-state index is 13.1. The van der Waals surface area contributed by atoms with Crippen LogP contribution in [0.15, 0.2) is 54.6 Å². The van der Waals surface area contributed by atoms with Crippen LogP contribution in [0.5, 0.6) is 0 Å². The van der Waals surface area contributed by atoms with Crippen LogP contribution in [0.1, 0.15) is 64.0 Å². The SMILES string of the molecule is CC(C)(C)[Si](C)(C)OCC[C@H]1C(=O)N(CC(=O)NCCCCCCc2ccc(F)cc2)[C@@H]1SCc1ccccc1. The van der Waals surface area contributed by atoms with Crippen LogP contribution in [0.2, 0.25) is 18.1 Å². The second-order valence-electron chi connectivity index (χ2n) is 12.3. The lowest BCUT2D eigenvalue weighted by molar-refractivity contribution is -0.154. The predicted molar refractivity (Wildman–Crippen MR) is 166 cm³/mol. The highest BCUT2D eigenvalue weighted by atomic mass is 32.2. The Morgan fingerprint density at radius 3 is 2.35 bits per heavy atom. The van der Waals surface area contributed by atoms with Crippen LogP contribution in [-0.2, 0) is 26.2 Å². The number of benzene rings is 2. The van der Waals surface area contributed by atoms with Gasteiger partial charge in [-0.3, -0.25) is 9.59 Å². The van der Waals surface area contributed by atoms with Crippen LogP contribution in [0.25, 0.3) is 0 Å². The van der Waals surface area contributed by atoms with Gasteiger partial charge >= 0.3 is 0 Å². The molecule has 0 unspecified atom stereocenters. The van der Waals surface area contributed by atoms with Crippen LogP contribution in [0.3, 0.4) is 0 Å². The number of likely N-dealkylation sites (tertiary alicyclic amines) is 1. The van der Waals surface area contributed by atoms with E-state index in [2.05, 4.69) is 51.3 Å². The van der Waals surface area contributed by atoms with Crippen LogP contribution in [0.4, 0.5) is 4.39 Å². The van der Waals surface area contributed by atoms with E-state index in [0.717, 1.165) is 43.4 Å². The van der Waals surface area contributed by atoms with Crippen LogP contribution < -0.4 is 5.32 Å². The molecule has 40 heavy (non-hydrogen) atoms. The average Bonchev–Trinajstić information content (AvgIpc) is 2.91. The molecule has 0 spiro atoms. The summed E-state index contributed by atoms with van der Waals surface area (Å²) < 4.78 is 19.4. The molecule has 0 aliphatic carbocycles. The molecule has 220 valence electrons. The second-order valence-corrected chi connectivity index (χ2v) is 18.2. The highest BCUT2D eigenvalue weighted by Gasteiger charge is 2.48. The first-order valence-corrected chi connectivity index (χ1v) is 18.5. The minimum absolute atomic E-state index is 0.0204. The van der Waals surface area contributed by atoms with Crippen molar-refractivity contribution in [2.75, 3.05) is 19.7 Å². The number of aryl methyl sites for hydroxylation is 1. The number of amides is 2. The molecule has 0 saturated carbocycles. The first-order valence-electron chi connectivity index (χ1n) is 14.6. The standard InChI is InChI=1S/C32H47FN2O3SSi/c1-32(2,3)40(4,5)38-22-20-28-30(37)35(31(28)39-24-26-14-10-8-11-15-26)23-29(36)34-21-12-7-6-9-13-25-16-18-27(33)19-17-25/h8,10-11,14-19,28,31H,6-7,9,12-13,20-24H2,1-5H3,(H,34,36)/t28-,31+/m0/s1. The molecule has 5 nitrogen and oxygen atoms in total. The fraction of sp³-hybridized carbons (Fsp3) is 0.562. The van der Waals surface area contributed by atoms with Crippen molar-refractivity contribution in [2.24, 2.45) is 5.92 Å². The molecule has 2 atom stereocenters. The maximum Gasteiger partial charge on any atom is 0.239 e. The summed E-state index contributed by atoms with van der Waals surface area (Å²) in [5, 5.41) is 3.11. The molecule has 1 aliphatic heterocycles. The zero-order chi connectivity index (χ0) is 29.2. The van der Waals surface area contributed by atoms with Crippen molar-refractivity contribution in [1.82, 2.24) is 10.2 Å². The summed E-state index contributed by atoms with van der Waals surface area (Å²) in [6.07, 6.45) is 5.66. The maximum absolute atomic E-state index is 13.1. The minimum Gasteiger partial charge on any atom is -0.417 e. The molecule has 1 N–H and O–H groups in total. The molecule has 1 heterocycles. The molecular formula is C32H47FN2O3SSi. The van der Waals surface area contributed by atoms with E-state index in [1.54, 1.807) is 16.7 Å². The molecule has 2 aromatic rings. The van der Waals surface area contributed by atoms with E-state index < -0.39 is 8.32 Å². The van der Waals surface area contributed by atoms with Gasteiger partial charge in [-0.1, -0.05) is 76.1 Å². The molecular weight excluding hydrogens is 540 g/mol. The summed E-state index contributed by atoms with van der Waals surface area (Å²) in [6.45, 7) is 12.4. The van der Waals surface area contributed by atoms with Crippen molar-refractivity contribution in [2.45, 2.75) is 88.6 Å². The van der Waals surface area contributed by atoms with Gasteiger partial charge in [-0.25, -0.2) is 4.39 Å².